The predicted molar refractivity (Wildman–Crippen MR) is 80.7 cm³/mol. The van der Waals surface area contributed by atoms with Gasteiger partial charge in [-0.15, -0.1) is 0 Å². The van der Waals surface area contributed by atoms with Crippen molar-refractivity contribution in [2.24, 2.45) is 5.73 Å². The molecule has 0 bridgehead atoms. The van der Waals surface area contributed by atoms with Crippen molar-refractivity contribution in [3.8, 4) is 0 Å². The molecule has 0 spiro atoms. The van der Waals surface area contributed by atoms with Gasteiger partial charge in [0.05, 0.1) is 0 Å². The first-order valence-electron chi connectivity index (χ1n) is 7.19. The van der Waals surface area contributed by atoms with Gasteiger partial charge in [0.25, 0.3) is 0 Å². The van der Waals surface area contributed by atoms with Crippen molar-refractivity contribution in [2.75, 3.05) is 51.3 Å². The van der Waals surface area contributed by atoms with Crippen LogP contribution >= 0.6 is 11.8 Å². The lowest BCUT2D eigenvalue weighted by Crippen LogP contribution is -2.55. The number of hydrogen-bond donors (Lipinski definition) is 1. The molecule has 2 fully saturated rings. The van der Waals surface area contributed by atoms with Gasteiger partial charge in [0.15, 0.2) is 0 Å². The molecule has 0 radical (unpaired) electrons. The van der Waals surface area contributed by atoms with Gasteiger partial charge in [-0.1, -0.05) is 0 Å². The molecule has 1 atom stereocenters. The van der Waals surface area contributed by atoms with E-state index in [0.717, 1.165) is 51.3 Å². The Morgan fingerprint density at radius 2 is 1.90 bits per heavy atom. The summed E-state index contributed by atoms with van der Waals surface area (Å²) in [5.74, 6) is 1.21. The summed E-state index contributed by atoms with van der Waals surface area (Å²) in [6.45, 7) is 5.07. The molecule has 0 aromatic heterocycles. The highest BCUT2D eigenvalue weighted by Gasteiger charge is 2.36. The zero-order valence-corrected chi connectivity index (χ0v) is 12.9. The highest BCUT2D eigenvalue weighted by atomic mass is 32.2. The molecule has 0 aromatic carbocycles. The van der Waals surface area contributed by atoms with E-state index >= 15 is 0 Å². The van der Waals surface area contributed by atoms with Gasteiger partial charge in [0.2, 0.25) is 5.91 Å². The number of nitrogens with zero attached hydrogens (tertiary/aromatic N) is 3. The van der Waals surface area contributed by atoms with Crippen molar-refractivity contribution in [2.45, 2.75) is 18.9 Å². The molecule has 2 N–H and O–H groups in total. The van der Waals surface area contributed by atoms with Gasteiger partial charge in [-0.2, -0.15) is 11.8 Å². The molecule has 2 rings (SSSR count). The smallest absolute Gasteiger partial charge is 0.315 e. The molecule has 114 valence electrons. The van der Waals surface area contributed by atoms with Gasteiger partial charge in [0.1, 0.15) is 6.04 Å². The maximum Gasteiger partial charge on any atom is 0.315 e. The van der Waals surface area contributed by atoms with Gasteiger partial charge >= 0.3 is 6.03 Å². The summed E-state index contributed by atoms with van der Waals surface area (Å²) in [4.78, 5) is 29.6. The normalized spacial score (nSPS) is 24.1. The summed E-state index contributed by atoms with van der Waals surface area (Å²) >= 11 is 1.85. The number of primary amides is 1. The molecule has 2 saturated heterocycles. The van der Waals surface area contributed by atoms with Gasteiger partial charge in [-0.3, -0.25) is 9.69 Å². The highest BCUT2D eigenvalue weighted by molar-refractivity contribution is 7.98. The van der Waals surface area contributed by atoms with Crippen LogP contribution < -0.4 is 5.73 Å². The van der Waals surface area contributed by atoms with E-state index in [1.54, 1.807) is 0 Å². The first-order chi connectivity index (χ1) is 9.63. The van der Waals surface area contributed by atoms with Crippen molar-refractivity contribution in [1.29, 1.82) is 0 Å². The maximum atomic E-state index is 12.5. The fourth-order valence-electron chi connectivity index (χ4n) is 2.91. The number of piperazine rings is 1. The minimum atomic E-state index is -0.473. The Balaban J connectivity index is 1.84. The Hall–Kier alpha value is -0.950. The number of rotatable bonds is 4. The molecule has 6 nitrogen and oxygen atoms in total. The van der Waals surface area contributed by atoms with Crippen molar-refractivity contribution >= 4 is 23.7 Å². The predicted octanol–water partition coefficient (Wildman–Crippen LogP) is 0.0367. The summed E-state index contributed by atoms with van der Waals surface area (Å²) in [6.07, 6.45) is 3.72. The number of carbonyl (C=O) groups is 2. The molecular weight excluding hydrogens is 276 g/mol. The second-order valence-electron chi connectivity index (χ2n) is 5.35. The second kappa shape index (κ2) is 7.17. The number of thioether (sulfide) groups is 1. The summed E-state index contributed by atoms with van der Waals surface area (Å²) < 4.78 is 0. The monoisotopic (exact) mass is 300 g/mol. The Kier molecular flexibility index (Phi) is 5.54. The lowest BCUT2D eigenvalue weighted by molar-refractivity contribution is -0.136. The van der Waals surface area contributed by atoms with Crippen LogP contribution in [0.4, 0.5) is 4.79 Å². The summed E-state index contributed by atoms with van der Waals surface area (Å²) in [5, 5.41) is 0. The van der Waals surface area contributed by atoms with Crippen LogP contribution in [-0.2, 0) is 4.79 Å². The number of likely N-dealkylation sites (tertiary alicyclic amines) is 1. The maximum absolute atomic E-state index is 12.5. The molecule has 20 heavy (non-hydrogen) atoms. The Morgan fingerprint density at radius 3 is 2.50 bits per heavy atom. The van der Waals surface area contributed by atoms with Gasteiger partial charge < -0.3 is 15.5 Å². The fraction of sp³-hybridized carbons (Fsp3) is 0.846. The average molecular weight is 300 g/mol. The van der Waals surface area contributed by atoms with Crippen molar-refractivity contribution < 1.29 is 9.59 Å². The van der Waals surface area contributed by atoms with E-state index in [9.17, 15) is 9.59 Å². The van der Waals surface area contributed by atoms with Gasteiger partial charge in [-0.25, -0.2) is 4.79 Å². The summed E-state index contributed by atoms with van der Waals surface area (Å²) in [5.41, 5.74) is 5.34. The molecule has 2 heterocycles. The SMILES string of the molecule is CSCCN1CCN(C(=O)[C@@H]2CCCN2C(N)=O)CC1. The van der Waals surface area contributed by atoms with Crippen LogP contribution in [0.3, 0.4) is 0 Å². The number of nitrogens with two attached hydrogens (primary N) is 1. The molecule has 3 amide bonds. The Labute approximate surface area is 124 Å². The topological polar surface area (TPSA) is 69.9 Å². The van der Waals surface area contributed by atoms with Gasteiger partial charge in [0, 0.05) is 45.0 Å². The Morgan fingerprint density at radius 1 is 1.20 bits per heavy atom. The van der Waals surface area contributed by atoms with Crippen molar-refractivity contribution in [3.63, 3.8) is 0 Å². The van der Waals surface area contributed by atoms with E-state index in [4.69, 9.17) is 5.73 Å². The lowest BCUT2D eigenvalue weighted by atomic mass is 10.1. The van der Waals surface area contributed by atoms with E-state index in [1.165, 1.54) is 4.90 Å². The van der Waals surface area contributed by atoms with E-state index in [0.29, 0.717) is 6.54 Å². The van der Waals surface area contributed by atoms with Crippen molar-refractivity contribution in [1.82, 2.24) is 14.7 Å². The lowest BCUT2D eigenvalue weighted by Gasteiger charge is -2.37. The van der Waals surface area contributed by atoms with Crippen LogP contribution in [0.2, 0.25) is 0 Å². The molecule has 0 aromatic rings. The molecule has 2 aliphatic heterocycles. The minimum absolute atomic E-state index is 0.0748. The number of amides is 3. The van der Waals surface area contributed by atoms with Crippen molar-refractivity contribution in [3.05, 3.63) is 0 Å². The van der Waals surface area contributed by atoms with Crippen LogP contribution in [0.1, 0.15) is 12.8 Å². The van der Waals surface area contributed by atoms with E-state index in [-0.39, 0.29) is 11.9 Å². The number of urea groups is 1. The van der Waals surface area contributed by atoms with Crippen LogP contribution in [-0.4, -0.2) is 84.0 Å². The van der Waals surface area contributed by atoms with E-state index < -0.39 is 6.03 Å². The van der Waals surface area contributed by atoms with Crippen LogP contribution in [0.5, 0.6) is 0 Å². The second-order valence-corrected chi connectivity index (χ2v) is 6.33. The summed E-state index contributed by atoms with van der Waals surface area (Å²) in [7, 11) is 0. The van der Waals surface area contributed by atoms with E-state index in [2.05, 4.69) is 11.2 Å². The fourth-order valence-corrected chi connectivity index (χ4v) is 3.35. The average Bonchev–Trinajstić information content (AvgIpc) is 2.94. The largest absolute Gasteiger partial charge is 0.351 e. The quantitative estimate of drug-likeness (QED) is 0.796. The molecule has 2 aliphatic rings. The molecule has 0 unspecified atom stereocenters. The molecule has 7 heteroatoms. The third-order valence-electron chi connectivity index (χ3n) is 4.12. The molecule has 0 aliphatic carbocycles. The zero-order valence-electron chi connectivity index (χ0n) is 12.1. The van der Waals surface area contributed by atoms with Crippen LogP contribution in [0, 0.1) is 0 Å². The van der Waals surface area contributed by atoms with E-state index in [1.807, 2.05) is 16.7 Å². The highest BCUT2D eigenvalue weighted by Crippen LogP contribution is 2.19. The molecular formula is C13H24N4O2S. The van der Waals surface area contributed by atoms with Crippen LogP contribution in [0.25, 0.3) is 0 Å². The third-order valence-corrected chi connectivity index (χ3v) is 4.71. The Bertz CT molecular complexity index is 358. The number of carbonyl (C=O) groups excluding carboxylic acids is 2. The third kappa shape index (κ3) is 3.58. The summed E-state index contributed by atoms with van der Waals surface area (Å²) in [6, 6.07) is -0.801. The minimum Gasteiger partial charge on any atom is -0.351 e. The zero-order chi connectivity index (χ0) is 14.5. The van der Waals surface area contributed by atoms with Crippen LogP contribution in [0.15, 0.2) is 0 Å². The number of hydrogen-bond acceptors (Lipinski definition) is 4. The standard InChI is InChI=1S/C13H24N4O2S/c1-20-10-9-15-5-7-16(8-6-15)12(18)11-3-2-4-17(11)13(14)19/h11H,2-10H2,1H3,(H2,14,19)/t11-/m0/s1. The first kappa shape index (κ1) is 15.4. The first-order valence-corrected chi connectivity index (χ1v) is 8.59. The van der Waals surface area contributed by atoms with Gasteiger partial charge in [-0.05, 0) is 19.1 Å². The molecule has 0 saturated carbocycles.